The summed E-state index contributed by atoms with van der Waals surface area (Å²) in [5, 5.41) is 0. The fourth-order valence-corrected chi connectivity index (χ4v) is 7.52. The van der Waals surface area contributed by atoms with Crippen LogP contribution in [0.5, 0.6) is 0 Å². The third-order valence-corrected chi connectivity index (χ3v) is 11.6. The molecule has 0 aromatic heterocycles. The van der Waals surface area contributed by atoms with Crippen LogP contribution in [-0.4, -0.2) is 37.2 Å². The van der Waals surface area contributed by atoms with Gasteiger partial charge in [0, 0.05) is 19.3 Å². The summed E-state index contributed by atoms with van der Waals surface area (Å²) in [6.45, 7) is 6.45. The van der Waals surface area contributed by atoms with Crippen LogP contribution in [0.1, 0.15) is 258 Å². The molecule has 0 fully saturated rings. The molecule has 0 aliphatic heterocycles. The molecule has 0 saturated heterocycles. The first kappa shape index (κ1) is 62.6. The van der Waals surface area contributed by atoms with Crippen molar-refractivity contribution in [1.29, 1.82) is 0 Å². The van der Waals surface area contributed by atoms with Gasteiger partial charge in [0.25, 0.3) is 0 Å². The molecule has 0 heterocycles. The number of unbranched alkanes of at least 4 members (excludes halogenated alkanes) is 24. The predicted octanol–water partition coefficient (Wildman–Crippen LogP) is 18.4. The Labute approximate surface area is 407 Å². The summed E-state index contributed by atoms with van der Waals surface area (Å²) in [5.41, 5.74) is 0. The van der Waals surface area contributed by atoms with E-state index in [1.165, 1.54) is 128 Å². The molecule has 0 amide bonds. The number of hydrogen-bond donors (Lipinski definition) is 0. The van der Waals surface area contributed by atoms with Crippen LogP contribution in [-0.2, 0) is 28.6 Å². The highest BCUT2D eigenvalue weighted by atomic mass is 16.6. The minimum absolute atomic E-state index is 0.102. The van der Waals surface area contributed by atoms with E-state index < -0.39 is 6.10 Å². The molecule has 0 radical (unpaired) electrons. The van der Waals surface area contributed by atoms with Crippen molar-refractivity contribution >= 4 is 17.9 Å². The van der Waals surface area contributed by atoms with Gasteiger partial charge in [-0.2, -0.15) is 0 Å². The van der Waals surface area contributed by atoms with Crippen LogP contribution in [0.2, 0.25) is 0 Å². The standard InChI is InChI=1S/C60H102O6/c1-4-7-10-13-16-19-22-25-28-29-30-31-33-35-38-41-44-47-50-53-59(62)65-56-57(55-64-58(61)52-49-46-43-40-37-34-27-24-21-18-15-12-9-6-3)66-60(63)54-51-48-45-42-39-36-32-26-23-20-17-14-11-8-5-2/h7,10,16,19,24-25,27-28,30-31,35,38,44,47,57H,4-6,8-9,11-15,17-18,20-23,26,29,32-34,36-37,39-43,45-46,48-56H2,1-3H3/b10-7-,19-16-,27-24-,28-25-,31-30-,38-35-,47-44-. The van der Waals surface area contributed by atoms with E-state index in [0.29, 0.717) is 19.3 Å². The highest BCUT2D eigenvalue weighted by Crippen LogP contribution is 2.15. The summed E-state index contributed by atoms with van der Waals surface area (Å²) >= 11 is 0. The first-order valence-electron chi connectivity index (χ1n) is 27.6. The molecule has 0 aliphatic rings. The van der Waals surface area contributed by atoms with Gasteiger partial charge in [0.05, 0.1) is 0 Å². The molecule has 0 spiro atoms. The smallest absolute Gasteiger partial charge is 0.306 e. The van der Waals surface area contributed by atoms with Gasteiger partial charge < -0.3 is 14.2 Å². The molecule has 0 rings (SSSR count). The van der Waals surface area contributed by atoms with Gasteiger partial charge in [-0.15, -0.1) is 0 Å². The second-order valence-corrected chi connectivity index (χ2v) is 18.1. The van der Waals surface area contributed by atoms with Crippen molar-refractivity contribution in [3.05, 3.63) is 85.1 Å². The van der Waals surface area contributed by atoms with E-state index in [0.717, 1.165) is 83.5 Å². The minimum atomic E-state index is -0.808. The number of allylic oxidation sites excluding steroid dienone is 14. The molecule has 6 nitrogen and oxygen atoms in total. The quantitative estimate of drug-likeness (QED) is 0.0262. The molecule has 0 aromatic carbocycles. The Morgan fingerprint density at radius 1 is 0.318 bits per heavy atom. The Kier molecular flexibility index (Phi) is 51.4. The summed E-state index contributed by atoms with van der Waals surface area (Å²) in [4.78, 5) is 38.0. The van der Waals surface area contributed by atoms with E-state index in [2.05, 4.69) is 99.8 Å². The van der Waals surface area contributed by atoms with Crippen LogP contribution in [0.25, 0.3) is 0 Å². The second kappa shape index (κ2) is 54.2. The summed E-state index contributed by atoms with van der Waals surface area (Å²) in [6, 6.07) is 0. The van der Waals surface area contributed by atoms with Gasteiger partial charge >= 0.3 is 17.9 Å². The van der Waals surface area contributed by atoms with Crippen LogP contribution in [0.15, 0.2) is 85.1 Å². The van der Waals surface area contributed by atoms with E-state index >= 15 is 0 Å². The third kappa shape index (κ3) is 51.6. The van der Waals surface area contributed by atoms with Gasteiger partial charge in [-0.05, 0) is 83.5 Å². The molecule has 6 heteroatoms. The van der Waals surface area contributed by atoms with Gasteiger partial charge in [-0.3, -0.25) is 14.4 Å². The topological polar surface area (TPSA) is 78.9 Å². The van der Waals surface area contributed by atoms with Crippen molar-refractivity contribution in [3.8, 4) is 0 Å². The van der Waals surface area contributed by atoms with Gasteiger partial charge in [0.15, 0.2) is 6.10 Å². The molecular weight excluding hydrogens is 817 g/mol. The van der Waals surface area contributed by atoms with E-state index in [-0.39, 0.29) is 37.5 Å². The molecule has 0 aromatic rings. The maximum absolute atomic E-state index is 12.8. The zero-order chi connectivity index (χ0) is 47.9. The minimum Gasteiger partial charge on any atom is -0.462 e. The van der Waals surface area contributed by atoms with Crippen molar-refractivity contribution in [2.45, 2.75) is 264 Å². The van der Waals surface area contributed by atoms with Gasteiger partial charge in [0.1, 0.15) is 13.2 Å². The number of carbonyl (C=O) groups excluding carboxylic acids is 3. The fourth-order valence-electron chi connectivity index (χ4n) is 7.52. The highest BCUT2D eigenvalue weighted by Gasteiger charge is 2.19. The Morgan fingerprint density at radius 3 is 1.02 bits per heavy atom. The molecule has 66 heavy (non-hydrogen) atoms. The summed E-state index contributed by atoms with van der Waals surface area (Å²) in [6.07, 6.45) is 70.1. The van der Waals surface area contributed by atoms with Gasteiger partial charge in [-0.1, -0.05) is 241 Å². The number of ether oxygens (including phenoxy) is 3. The first-order valence-corrected chi connectivity index (χ1v) is 27.6. The molecule has 0 bridgehead atoms. The summed E-state index contributed by atoms with van der Waals surface area (Å²) in [7, 11) is 0. The maximum Gasteiger partial charge on any atom is 0.306 e. The molecule has 0 N–H and O–H groups in total. The van der Waals surface area contributed by atoms with Crippen molar-refractivity contribution in [1.82, 2.24) is 0 Å². The van der Waals surface area contributed by atoms with Crippen LogP contribution >= 0.6 is 0 Å². The molecule has 378 valence electrons. The predicted molar refractivity (Wildman–Crippen MR) is 284 cm³/mol. The summed E-state index contributed by atoms with van der Waals surface area (Å²) < 4.78 is 16.8. The number of esters is 3. The molecular formula is C60H102O6. The molecule has 1 unspecified atom stereocenters. The Balaban J connectivity index is 4.49. The van der Waals surface area contributed by atoms with E-state index in [1.54, 1.807) is 0 Å². The molecule has 1 atom stereocenters. The number of rotatable bonds is 49. The van der Waals surface area contributed by atoms with E-state index in [1.807, 2.05) is 6.08 Å². The van der Waals surface area contributed by atoms with E-state index in [9.17, 15) is 14.4 Å². The highest BCUT2D eigenvalue weighted by molar-refractivity contribution is 5.71. The van der Waals surface area contributed by atoms with Crippen molar-refractivity contribution < 1.29 is 28.6 Å². The largest absolute Gasteiger partial charge is 0.462 e. The Morgan fingerprint density at radius 2 is 0.621 bits per heavy atom. The second-order valence-electron chi connectivity index (χ2n) is 18.1. The van der Waals surface area contributed by atoms with Crippen LogP contribution in [0, 0.1) is 0 Å². The molecule has 0 saturated carbocycles. The van der Waals surface area contributed by atoms with Crippen molar-refractivity contribution in [2.75, 3.05) is 13.2 Å². The average Bonchev–Trinajstić information content (AvgIpc) is 3.31. The summed E-state index contributed by atoms with van der Waals surface area (Å²) in [5.74, 6) is -0.992. The zero-order valence-corrected chi connectivity index (χ0v) is 43.2. The number of carbonyl (C=O) groups is 3. The first-order chi connectivity index (χ1) is 32.5. The molecule has 0 aliphatic carbocycles. The van der Waals surface area contributed by atoms with Crippen LogP contribution < -0.4 is 0 Å². The normalized spacial score (nSPS) is 12.7. The van der Waals surface area contributed by atoms with Crippen molar-refractivity contribution in [3.63, 3.8) is 0 Å². The Bertz CT molecular complexity index is 1290. The lowest BCUT2D eigenvalue weighted by molar-refractivity contribution is -0.166. The van der Waals surface area contributed by atoms with Crippen LogP contribution in [0.3, 0.4) is 0 Å². The number of hydrogen-bond acceptors (Lipinski definition) is 6. The zero-order valence-electron chi connectivity index (χ0n) is 43.2. The monoisotopic (exact) mass is 919 g/mol. The van der Waals surface area contributed by atoms with Gasteiger partial charge in [0.2, 0.25) is 0 Å². The lowest BCUT2D eigenvalue weighted by Gasteiger charge is -2.18. The average molecular weight is 919 g/mol. The Hall–Kier alpha value is -3.41. The van der Waals surface area contributed by atoms with Crippen LogP contribution in [0.4, 0.5) is 0 Å². The van der Waals surface area contributed by atoms with E-state index in [4.69, 9.17) is 14.2 Å². The van der Waals surface area contributed by atoms with Gasteiger partial charge in [-0.25, -0.2) is 0 Å². The SMILES string of the molecule is CC/C=C\C/C=C\C/C=C\C/C=C\C/C=C\C/C=C\CCC(=O)OCC(COC(=O)CCCCCCC/C=C\CCCCCCC)OC(=O)CCCCCCCCCCCCCCCCC. The lowest BCUT2D eigenvalue weighted by Crippen LogP contribution is -2.30. The third-order valence-electron chi connectivity index (χ3n) is 11.6. The lowest BCUT2D eigenvalue weighted by atomic mass is 10.0. The maximum atomic E-state index is 12.8. The van der Waals surface area contributed by atoms with Crippen molar-refractivity contribution in [2.24, 2.45) is 0 Å². The fraction of sp³-hybridized carbons (Fsp3) is 0.717.